The highest BCUT2D eigenvalue weighted by molar-refractivity contribution is 5.92. The fourth-order valence-electron chi connectivity index (χ4n) is 2.88. The fraction of sp³-hybridized carbons (Fsp3) is 0.316. The summed E-state index contributed by atoms with van der Waals surface area (Å²) in [5.41, 5.74) is 2.04. The van der Waals surface area contributed by atoms with Crippen molar-refractivity contribution >= 4 is 17.3 Å². The van der Waals surface area contributed by atoms with Crippen molar-refractivity contribution in [2.24, 2.45) is 0 Å². The summed E-state index contributed by atoms with van der Waals surface area (Å²) >= 11 is 0. The Morgan fingerprint density at radius 3 is 2.24 bits per heavy atom. The number of benzene rings is 2. The van der Waals surface area contributed by atoms with Gasteiger partial charge in [0.15, 0.2) is 0 Å². The Kier molecular flexibility index (Phi) is 7.10. The molecule has 0 bridgehead atoms. The molecule has 0 unspecified atom stereocenters. The predicted octanol–water partition coefficient (Wildman–Crippen LogP) is -0.540. The van der Waals surface area contributed by atoms with Gasteiger partial charge in [-0.05, 0) is 36.4 Å². The number of carbonyl (C=O) groups is 1. The monoisotopic (exact) mass is 360 g/mol. The molecule has 0 atom stereocenters. The number of nitrogens with one attached hydrogen (secondary N) is 1. The van der Waals surface area contributed by atoms with Crippen LogP contribution >= 0.6 is 0 Å². The van der Waals surface area contributed by atoms with Crippen molar-refractivity contribution in [2.75, 3.05) is 50.1 Å². The molecule has 5 nitrogen and oxygen atoms in total. The quantitative estimate of drug-likeness (QED) is 0.778. The van der Waals surface area contributed by atoms with Crippen LogP contribution in [0.2, 0.25) is 0 Å². The standard InChI is InChI=1S/C19H23N3O2.ClH/c1-24-18-9-7-17(8-10-18)22-13-11-21(12-14-22)15-19(23)20-16-5-3-2-4-6-16;/h2-10H,11-15H2,1H3,(H,20,23);1H/p-1. The van der Waals surface area contributed by atoms with Crippen LogP contribution in [0.15, 0.2) is 54.6 Å². The molecule has 1 fully saturated rings. The Morgan fingerprint density at radius 1 is 1.00 bits per heavy atom. The number of hydrogen-bond donors (Lipinski definition) is 1. The molecule has 1 saturated heterocycles. The van der Waals surface area contributed by atoms with Crippen molar-refractivity contribution in [3.05, 3.63) is 54.6 Å². The number of anilines is 2. The van der Waals surface area contributed by atoms with E-state index in [0.29, 0.717) is 6.54 Å². The van der Waals surface area contributed by atoms with E-state index in [1.54, 1.807) is 7.11 Å². The van der Waals surface area contributed by atoms with Gasteiger partial charge in [-0.15, -0.1) is 0 Å². The molecule has 1 amide bonds. The van der Waals surface area contributed by atoms with Crippen LogP contribution in [0, 0.1) is 0 Å². The van der Waals surface area contributed by atoms with Gasteiger partial charge in [0, 0.05) is 37.6 Å². The second kappa shape index (κ2) is 9.30. The molecule has 25 heavy (non-hydrogen) atoms. The van der Waals surface area contributed by atoms with E-state index in [9.17, 15) is 4.79 Å². The van der Waals surface area contributed by atoms with Crippen LogP contribution in [-0.4, -0.2) is 50.6 Å². The van der Waals surface area contributed by atoms with Crippen molar-refractivity contribution in [3.63, 3.8) is 0 Å². The highest BCUT2D eigenvalue weighted by atomic mass is 35.5. The van der Waals surface area contributed by atoms with Gasteiger partial charge in [0.1, 0.15) is 5.75 Å². The van der Waals surface area contributed by atoms with Gasteiger partial charge in [-0.1, -0.05) is 18.2 Å². The molecular weight excluding hydrogens is 338 g/mol. The van der Waals surface area contributed by atoms with Crippen LogP contribution in [0.4, 0.5) is 11.4 Å². The number of rotatable bonds is 5. The van der Waals surface area contributed by atoms with Crippen molar-refractivity contribution < 1.29 is 21.9 Å². The SMILES string of the molecule is COc1ccc(N2CCN(CC(=O)Nc3ccccc3)CC2)cc1.[Cl-]. The highest BCUT2D eigenvalue weighted by Crippen LogP contribution is 2.20. The number of amides is 1. The van der Waals surface area contributed by atoms with Gasteiger partial charge in [-0.2, -0.15) is 0 Å². The summed E-state index contributed by atoms with van der Waals surface area (Å²) in [6.07, 6.45) is 0. The molecule has 0 saturated carbocycles. The third-order valence-electron chi connectivity index (χ3n) is 4.23. The number of halogens is 1. The van der Waals surface area contributed by atoms with Crippen molar-refractivity contribution in [1.82, 2.24) is 4.90 Å². The minimum atomic E-state index is 0. The van der Waals surface area contributed by atoms with Crippen LogP contribution < -0.4 is 27.4 Å². The first kappa shape index (κ1) is 19.1. The molecule has 6 heteroatoms. The van der Waals surface area contributed by atoms with E-state index in [-0.39, 0.29) is 18.3 Å². The third-order valence-corrected chi connectivity index (χ3v) is 4.23. The predicted molar refractivity (Wildman–Crippen MR) is 96.7 cm³/mol. The summed E-state index contributed by atoms with van der Waals surface area (Å²) in [5.74, 6) is 0.911. The maximum atomic E-state index is 12.1. The Labute approximate surface area is 155 Å². The number of piperazine rings is 1. The third kappa shape index (κ3) is 5.37. The largest absolute Gasteiger partial charge is 1.00 e. The molecule has 2 aromatic carbocycles. The summed E-state index contributed by atoms with van der Waals surface area (Å²) in [7, 11) is 1.67. The van der Waals surface area contributed by atoms with E-state index in [1.165, 1.54) is 5.69 Å². The maximum absolute atomic E-state index is 12.1. The molecule has 1 aliphatic heterocycles. The Morgan fingerprint density at radius 2 is 1.64 bits per heavy atom. The second-order valence-corrected chi connectivity index (χ2v) is 5.88. The Balaban J connectivity index is 0.00000225. The number of methoxy groups -OCH3 is 1. The molecule has 1 N–H and O–H groups in total. The van der Waals surface area contributed by atoms with Gasteiger partial charge in [0.2, 0.25) is 5.91 Å². The molecule has 2 aromatic rings. The van der Waals surface area contributed by atoms with Crippen LogP contribution in [0.5, 0.6) is 5.75 Å². The summed E-state index contributed by atoms with van der Waals surface area (Å²) in [6, 6.07) is 17.7. The summed E-state index contributed by atoms with van der Waals surface area (Å²) < 4.78 is 5.19. The van der Waals surface area contributed by atoms with Crippen LogP contribution in [-0.2, 0) is 4.79 Å². The average Bonchev–Trinajstić information content (AvgIpc) is 2.63. The molecule has 3 rings (SSSR count). The first-order valence-electron chi connectivity index (χ1n) is 8.21. The zero-order valence-corrected chi connectivity index (χ0v) is 15.1. The van der Waals surface area contributed by atoms with E-state index < -0.39 is 0 Å². The second-order valence-electron chi connectivity index (χ2n) is 5.88. The van der Waals surface area contributed by atoms with Crippen molar-refractivity contribution in [2.45, 2.75) is 0 Å². The fourth-order valence-corrected chi connectivity index (χ4v) is 2.88. The summed E-state index contributed by atoms with van der Waals surface area (Å²) in [5, 5.41) is 2.94. The van der Waals surface area contributed by atoms with Crippen molar-refractivity contribution in [3.8, 4) is 5.75 Å². The number of para-hydroxylation sites is 1. The van der Waals surface area contributed by atoms with Gasteiger partial charge in [-0.25, -0.2) is 0 Å². The van der Waals surface area contributed by atoms with E-state index in [0.717, 1.165) is 37.6 Å². The molecule has 1 heterocycles. The zero-order chi connectivity index (χ0) is 16.8. The number of carbonyl (C=O) groups excluding carboxylic acids is 1. The number of nitrogens with zero attached hydrogens (tertiary/aromatic N) is 2. The summed E-state index contributed by atoms with van der Waals surface area (Å²) in [4.78, 5) is 16.7. The molecule has 1 aliphatic rings. The first-order chi connectivity index (χ1) is 11.7. The lowest BCUT2D eigenvalue weighted by Crippen LogP contribution is -3.00. The smallest absolute Gasteiger partial charge is 0.238 e. The van der Waals surface area contributed by atoms with Gasteiger partial charge in [0.25, 0.3) is 0 Å². The lowest BCUT2D eigenvalue weighted by atomic mass is 10.2. The normalized spacial score (nSPS) is 14.5. The molecule has 0 spiro atoms. The van der Waals surface area contributed by atoms with Crippen molar-refractivity contribution in [1.29, 1.82) is 0 Å². The van der Waals surface area contributed by atoms with E-state index >= 15 is 0 Å². The van der Waals surface area contributed by atoms with Crippen LogP contribution in [0.3, 0.4) is 0 Å². The van der Waals surface area contributed by atoms with Gasteiger partial charge >= 0.3 is 0 Å². The minimum absolute atomic E-state index is 0. The van der Waals surface area contributed by atoms with E-state index in [2.05, 4.69) is 27.2 Å². The highest BCUT2D eigenvalue weighted by Gasteiger charge is 2.19. The Bertz CT molecular complexity index is 656. The average molecular weight is 361 g/mol. The zero-order valence-electron chi connectivity index (χ0n) is 14.3. The molecule has 0 radical (unpaired) electrons. The van der Waals surface area contributed by atoms with Gasteiger partial charge in [0.05, 0.1) is 13.7 Å². The van der Waals surface area contributed by atoms with Crippen LogP contribution in [0.1, 0.15) is 0 Å². The Hall–Kier alpha value is -2.24. The molecule has 0 aliphatic carbocycles. The van der Waals surface area contributed by atoms with Gasteiger partial charge in [-0.3, -0.25) is 9.69 Å². The number of ether oxygens (including phenoxy) is 1. The lowest BCUT2D eigenvalue weighted by Gasteiger charge is -2.35. The first-order valence-corrected chi connectivity index (χ1v) is 8.21. The van der Waals surface area contributed by atoms with E-state index in [1.807, 2.05) is 42.5 Å². The number of hydrogen-bond acceptors (Lipinski definition) is 4. The maximum Gasteiger partial charge on any atom is 0.238 e. The minimum Gasteiger partial charge on any atom is -1.00 e. The van der Waals surface area contributed by atoms with E-state index in [4.69, 9.17) is 4.74 Å². The molecule has 134 valence electrons. The molecular formula is C19H23ClN3O2-. The molecule has 0 aromatic heterocycles. The summed E-state index contributed by atoms with van der Waals surface area (Å²) in [6.45, 7) is 4.05. The van der Waals surface area contributed by atoms with Crippen LogP contribution in [0.25, 0.3) is 0 Å². The topological polar surface area (TPSA) is 44.8 Å². The lowest BCUT2D eigenvalue weighted by molar-refractivity contribution is -0.117. The van der Waals surface area contributed by atoms with Gasteiger partial charge < -0.3 is 27.4 Å².